The van der Waals surface area contributed by atoms with E-state index in [0.29, 0.717) is 5.75 Å². The Morgan fingerprint density at radius 2 is 1.65 bits per heavy atom. The average molecular weight is 359 g/mol. The van der Waals surface area contributed by atoms with E-state index in [1.165, 1.54) is 63.8 Å². The molecule has 0 aliphatic carbocycles. The second-order valence-electron chi connectivity index (χ2n) is 5.11. The SMILES string of the molecule is COc1cc(C(=O)/C=C/c2cc(OC)c(OC)cc2[N+](=O)[O-])ccc1O. The zero-order valence-electron chi connectivity index (χ0n) is 14.4. The molecule has 8 nitrogen and oxygen atoms in total. The highest BCUT2D eigenvalue weighted by Crippen LogP contribution is 2.35. The Labute approximate surface area is 149 Å². The molecule has 0 bridgehead atoms. The maximum absolute atomic E-state index is 12.3. The number of methoxy groups -OCH3 is 3. The molecule has 2 rings (SSSR count). The van der Waals surface area contributed by atoms with Gasteiger partial charge in [-0.3, -0.25) is 14.9 Å². The minimum absolute atomic E-state index is 0.0939. The highest BCUT2D eigenvalue weighted by Gasteiger charge is 2.18. The lowest BCUT2D eigenvalue weighted by Gasteiger charge is -2.08. The molecular formula is C18H17NO7. The largest absolute Gasteiger partial charge is 0.504 e. The summed E-state index contributed by atoms with van der Waals surface area (Å²) in [7, 11) is 4.15. The van der Waals surface area contributed by atoms with Gasteiger partial charge in [-0.1, -0.05) is 0 Å². The van der Waals surface area contributed by atoms with E-state index >= 15 is 0 Å². The van der Waals surface area contributed by atoms with Gasteiger partial charge in [0.15, 0.2) is 28.8 Å². The highest BCUT2D eigenvalue weighted by molar-refractivity contribution is 6.07. The number of ketones is 1. The molecule has 0 spiro atoms. The zero-order chi connectivity index (χ0) is 19.3. The molecule has 0 aromatic heterocycles. The van der Waals surface area contributed by atoms with Crippen LogP contribution >= 0.6 is 0 Å². The van der Waals surface area contributed by atoms with Crippen LogP contribution in [0.5, 0.6) is 23.0 Å². The van der Waals surface area contributed by atoms with Crippen LogP contribution in [0.3, 0.4) is 0 Å². The molecule has 8 heteroatoms. The predicted octanol–water partition coefficient (Wildman–Crippen LogP) is 3.22. The molecular weight excluding hydrogens is 342 g/mol. The molecule has 26 heavy (non-hydrogen) atoms. The van der Waals surface area contributed by atoms with E-state index in [1.54, 1.807) is 0 Å². The number of hydrogen-bond donors (Lipinski definition) is 1. The minimum Gasteiger partial charge on any atom is -0.504 e. The molecule has 0 atom stereocenters. The predicted molar refractivity (Wildman–Crippen MR) is 94.2 cm³/mol. The summed E-state index contributed by atoms with van der Waals surface area (Å²) in [6, 6.07) is 6.78. The van der Waals surface area contributed by atoms with Crippen LogP contribution in [-0.4, -0.2) is 37.1 Å². The maximum Gasteiger partial charge on any atom is 0.280 e. The number of hydrogen-bond acceptors (Lipinski definition) is 7. The second kappa shape index (κ2) is 8.02. The molecule has 2 aromatic carbocycles. The van der Waals surface area contributed by atoms with Crippen LogP contribution in [0.1, 0.15) is 15.9 Å². The van der Waals surface area contributed by atoms with Crippen LogP contribution in [0, 0.1) is 10.1 Å². The summed E-state index contributed by atoms with van der Waals surface area (Å²) < 4.78 is 15.2. The molecule has 0 saturated carbocycles. The van der Waals surface area contributed by atoms with Crippen molar-refractivity contribution in [2.75, 3.05) is 21.3 Å². The van der Waals surface area contributed by atoms with Crippen LogP contribution in [0.25, 0.3) is 6.08 Å². The highest BCUT2D eigenvalue weighted by atomic mass is 16.6. The number of carbonyl (C=O) groups excluding carboxylic acids is 1. The number of carbonyl (C=O) groups is 1. The molecule has 1 N–H and O–H groups in total. The van der Waals surface area contributed by atoms with Gasteiger partial charge in [0.25, 0.3) is 5.69 Å². The van der Waals surface area contributed by atoms with E-state index in [9.17, 15) is 20.0 Å². The molecule has 136 valence electrons. The smallest absolute Gasteiger partial charge is 0.280 e. The van der Waals surface area contributed by atoms with E-state index in [-0.39, 0.29) is 34.1 Å². The van der Waals surface area contributed by atoms with Crippen molar-refractivity contribution < 1.29 is 29.0 Å². The molecule has 0 aliphatic heterocycles. The molecule has 0 amide bonds. The number of phenols is 1. The third kappa shape index (κ3) is 3.92. The molecule has 0 heterocycles. The number of nitrogens with zero attached hydrogens (tertiary/aromatic N) is 1. The lowest BCUT2D eigenvalue weighted by molar-refractivity contribution is -0.385. The summed E-state index contributed by atoms with van der Waals surface area (Å²) in [5, 5.41) is 20.8. The number of ether oxygens (including phenoxy) is 3. The van der Waals surface area contributed by atoms with E-state index < -0.39 is 10.7 Å². The lowest BCUT2D eigenvalue weighted by atomic mass is 10.1. The van der Waals surface area contributed by atoms with Gasteiger partial charge in [0.1, 0.15) is 0 Å². The van der Waals surface area contributed by atoms with Crippen molar-refractivity contribution in [3.63, 3.8) is 0 Å². The number of rotatable bonds is 7. The summed E-state index contributed by atoms with van der Waals surface area (Å²) in [5.41, 5.74) is 0.223. The molecule has 0 fully saturated rings. The summed E-state index contributed by atoms with van der Waals surface area (Å²) in [6.45, 7) is 0. The fourth-order valence-corrected chi connectivity index (χ4v) is 2.27. The van der Waals surface area contributed by atoms with Gasteiger partial charge in [-0.05, 0) is 36.4 Å². The first-order valence-corrected chi connectivity index (χ1v) is 7.41. The van der Waals surface area contributed by atoms with Crippen molar-refractivity contribution >= 4 is 17.5 Å². The van der Waals surface area contributed by atoms with Gasteiger partial charge in [-0.15, -0.1) is 0 Å². The van der Waals surface area contributed by atoms with Gasteiger partial charge in [0.05, 0.1) is 37.9 Å². The van der Waals surface area contributed by atoms with E-state index in [0.717, 1.165) is 0 Å². The quantitative estimate of drug-likeness (QED) is 0.350. The van der Waals surface area contributed by atoms with Gasteiger partial charge in [0, 0.05) is 5.56 Å². The Hall–Kier alpha value is -3.55. The Kier molecular flexibility index (Phi) is 5.79. The van der Waals surface area contributed by atoms with Gasteiger partial charge in [-0.25, -0.2) is 0 Å². The van der Waals surface area contributed by atoms with Crippen molar-refractivity contribution in [2.24, 2.45) is 0 Å². The second-order valence-corrected chi connectivity index (χ2v) is 5.11. The molecule has 2 aromatic rings. The fourth-order valence-electron chi connectivity index (χ4n) is 2.27. The Morgan fingerprint density at radius 3 is 2.23 bits per heavy atom. The minimum atomic E-state index is -0.574. The number of phenolic OH excluding ortho intramolecular Hbond substituents is 1. The molecule has 0 saturated heterocycles. The molecule has 0 unspecified atom stereocenters. The van der Waals surface area contributed by atoms with E-state index in [2.05, 4.69) is 0 Å². The van der Waals surface area contributed by atoms with Crippen molar-refractivity contribution in [1.82, 2.24) is 0 Å². The van der Waals surface area contributed by atoms with Crippen molar-refractivity contribution in [3.8, 4) is 23.0 Å². The normalized spacial score (nSPS) is 10.6. The number of nitro benzene ring substituents is 1. The lowest BCUT2D eigenvalue weighted by Crippen LogP contribution is -1.98. The zero-order valence-corrected chi connectivity index (χ0v) is 14.4. The van der Waals surface area contributed by atoms with Gasteiger partial charge in [-0.2, -0.15) is 0 Å². The first kappa shape index (κ1) is 18.8. The van der Waals surface area contributed by atoms with E-state index in [1.807, 2.05) is 0 Å². The maximum atomic E-state index is 12.3. The Morgan fingerprint density at radius 1 is 1.04 bits per heavy atom. The number of benzene rings is 2. The van der Waals surface area contributed by atoms with Crippen LogP contribution in [0.4, 0.5) is 5.69 Å². The fraction of sp³-hybridized carbons (Fsp3) is 0.167. The topological polar surface area (TPSA) is 108 Å². The Balaban J connectivity index is 2.40. The third-order valence-corrected chi connectivity index (χ3v) is 3.61. The van der Waals surface area contributed by atoms with Crippen molar-refractivity contribution in [1.29, 1.82) is 0 Å². The first-order chi connectivity index (χ1) is 12.4. The van der Waals surface area contributed by atoms with Crippen LogP contribution < -0.4 is 14.2 Å². The van der Waals surface area contributed by atoms with Gasteiger partial charge < -0.3 is 19.3 Å². The monoisotopic (exact) mass is 359 g/mol. The molecule has 0 radical (unpaired) electrons. The van der Waals surface area contributed by atoms with Crippen LogP contribution in [-0.2, 0) is 0 Å². The number of nitro groups is 1. The average Bonchev–Trinajstić information content (AvgIpc) is 2.65. The first-order valence-electron chi connectivity index (χ1n) is 7.41. The van der Waals surface area contributed by atoms with Crippen LogP contribution in [0.2, 0.25) is 0 Å². The number of aromatic hydroxyl groups is 1. The van der Waals surface area contributed by atoms with Crippen LogP contribution in [0.15, 0.2) is 36.4 Å². The number of allylic oxidation sites excluding steroid dienone is 1. The summed E-state index contributed by atoms with van der Waals surface area (Å²) >= 11 is 0. The van der Waals surface area contributed by atoms with Gasteiger partial charge >= 0.3 is 0 Å². The summed E-state index contributed by atoms with van der Waals surface area (Å²) in [6.07, 6.45) is 2.52. The van der Waals surface area contributed by atoms with Crippen molar-refractivity contribution in [3.05, 3.63) is 57.6 Å². The Bertz CT molecular complexity index is 874. The van der Waals surface area contributed by atoms with E-state index in [4.69, 9.17) is 14.2 Å². The summed E-state index contributed by atoms with van der Waals surface area (Å²) in [4.78, 5) is 23.0. The summed E-state index contributed by atoms with van der Waals surface area (Å²) in [5.74, 6) is 0.166. The third-order valence-electron chi connectivity index (χ3n) is 3.61. The van der Waals surface area contributed by atoms with Gasteiger partial charge in [0.2, 0.25) is 0 Å². The molecule has 0 aliphatic rings. The standard InChI is InChI=1S/C18H17NO7/c1-24-16-9-12(5-7-15(16)21)14(20)6-4-11-8-17(25-2)18(26-3)10-13(11)19(22)23/h4-10,21H,1-3H3/b6-4+. The van der Waals surface area contributed by atoms with Crippen molar-refractivity contribution in [2.45, 2.75) is 0 Å².